The van der Waals surface area contributed by atoms with E-state index in [0.717, 1.165) is 0 Å². The zero-order valence-electron chi connectivity index (χ0n) is 16.7. The first-order chi connectivity index (χ1) is 13.7. The van der Waals surface area contributed by atoms with Gasteiger partial charge in [0.2, 0.25) is 0 Å². The molecule has 4 rings (SSSR count). The first-order valence-electron chi connectivity index (χ1n) is 9.74. The third kappa shape index (κ3) is 3.20. The molecule has 0 bridgehead atoms. The van der Waals surface area contributed by atoms with Gasteiger partial charge in [0, 0.05) is 29.2 Å². The molecule has 0 saturated heterocycles. The van der Waals surface area contributed by atoms with E-state index in [1.165, 1.54) is 44.4 Å². The van der Waals surface area contributed by atoms with E-state index in [4.69, 9.17) is 0 Å². The van der Waals surface area contributed by atoms with Crippen molar-refractivity contribution in [3.8, 4) is 0 Å². The quantitative estimate of drug-likeness (QED) is 0.343. The summed E-state index contributed by atoms with van der Waals surface area (Å²) in [5.74, 6) is 0. The number of allylic oxidation sites excluding steroid dienone is 3. The Morgan fingerprint density at radius 2 is 1.32 bits per heavy atom. The van der Waals surface area contributed by atoms with Gasteiger partial charge in [0.1, 0.15) is 0 Å². The van der Waals surface area contributed by atoms with E-state index >= 15 is 0 Å². The second-order valence-corrected chi connectivity index (χ2v) is 7.07. The molecule has 1 heteroatoms. The molecule has 0 saturated carbocycles. The highest BCUT2D eigenvalue weighted by Crippen LogP contribution is 2.36. The van der Waals surface area contributed by atoms with Crippen LogP contribution in [-0.2, 0) is 7.05 Å². The van der Waals surface area contributed by atoms with Gasteiger partial charge in [0.05, 0.1) is 0 Å². The third-order valence-electron chi connectivity index (χ3n) is 5.47. The van der Waals surface area contributed by atoms with Crippen molar-refractivity contribution < 1.29 is 0 Å². The van der Waals surface area contributed by atoms with Crippen molar-refractivity contribution in [1.82, 2.24) is 4.57 Å². The predicted molar refractivity (Wildman–Crippen MR) is 121 cm³/mol. The molecule has 1 heterocycles. The van der Waals surface area contributed by atoms with Crippen molar-refractivity contribution in [2.45, 2.75) is 13.8 Å². The van der Waals surface area contributed by atoms with Gasteiger partial charge in [0.25, 0.3) is 0 Å². The summed E-state index contributed by atoms with van der Waals surface area (Å²) in [5, 5.41) is 1.29. The van der Waals surface area contributed by atoms with Crippen LogP contribution in [0.25, 0.3) is 22.0 Å². The van der Waals surface area contributed by atoms with Gasteiger partial charge in [-0.15, -0.1) is 0 Å². The topological polar surface area (TPSA) is 4.93 Å². The van der Waals surface area contributed by atoms with Crippen LogP contribution >= 0.6 is 0 Å². The Morgan fingerprint density at radius 1 is 0.750 bits per heavy atom. The van der Waals surface area contributed by atoms with E-state index in [1.54, 1.807) is 0 Å². The maximum Gasteiger partial charge on any atom is 0.0486 e. The van der Waals surface area contributed by atoms with Crippen LogP contribution in [0.1, 0.15) is 29.3 Å². The zero-order valence-corrected chi connectivity index (χ0v) is 16.7. The maximum atomic E-state index is 2.33. The summed E-state index contributed by atoms with van der Waals surface area (Å²) >= 11 is 0. The van der Waals surface area contributed by atoms with Crippen LogP contribution < -0.4 is 0 Å². The molecule has 1 nitrogen and oxygen atoms in total. The van der Waals surface area contributed by atoms with Crippen molar-refractivity contribution in [3.63, 3.8) is 0 Å². The van der Waals surface area contributed by atoms with Crippen molar-refractivity contribution in [1.29, 1.82) is 0 Å². The van der Waals surface area contributed by atoms with Crippen molar-refractivity contribution in [2.75, 3.05) is 0 Å². The van der Waals surface area contributed by atoms with Gasteiger partial charge in [-0.3, -0.25) is 0 Å². The minimum atomic E-state index is 1.23. The molecule has 0 radical (unpaired) electrons. The molecule has 0 spiro atoms. The van der Waals surface area contributed by atoms with Crippen LogP contribution in [-0.4, -0.2) is 4.57 Å². The molecule has 0 fully saturated rings. The Morgan fingerprint density at radius 3 is 1.96 bits per heavy atom. The molecule has 0 aliphatic carbocycles. The summed E-state index contributed by atoms with van der Waals surface area (Å²) in [6.45, 7) is 4.32. The molecular weight excluding hydrogens is 338 g/mol. The van der Waals surface area contributed by atoms with Gasteiger partial charge < -0.3 is 4.57 Å². The lowest BCUT2D eigenvalue weighted by Crippen LogP contribution is -1.95. The number of fused-ring (bicyclic) bond motifs is 1. The van der Waals surface area contributed by atoms with Gasteiger partial charge >= 0.3 is 0 Å². The normalized spacial score (nSPS) is 12.5. The minimum Gasteiger partial charge on any atom is -0.347 e. The highest BCUT2D eigenvalue weighted by Gasteiger charge is 2.17. The summed E-state index contributed by atoms with van der Waals surface area (Å²) in [4.78, 5) is 0. The highest BCUT2D eigenvalue weighted by atomic mass is 14.9. The standard InChI is InChI=1S/C27H25N/c1-4-21(22-13-7-5-8-14-22)19-25(23-15-9-6-10-16-23)27-20(2)28(3)26-18-12-11-17-24(26)27/h4-19H,1-3H3/b21-4+,25-19-. The molecule has 0 aliphatic heterocycles. The third-order valence-corrected chi connectivity index (χ3v) is 5.47. The maximum absolute atomic E-state index is 2.33. The number of nitrogens with zero attached hydrogens (tertiary/aromatic N) is 1. The molecule has 0 atom stereocenters. The average molecular weight is 364 g/mol. The van der Waals surface area contributed by atoms with Gasteiger partial charge in [-0.05, 0) is 48.3 Å². The molecule has 1 aromatic heterocycles. The Labute approximate surface area is 167 Å². The van der Waals surface area contributed by atoms with Crippen LogP contribution in [0.5, 0.6) is 0 Å². The number of para-hydroxylation sites is 1. The summed E-state index contributed by atoms with van der Waals surface area (Å²) in [6.07, 6.45) is 4.53. The summed E-state index contributed by atoms with van der Waals surface area (Å²) in [7, 11) is 2.15. The highest BCUT2D eigenvalue weighted by molar-refractivity contribution is 6.01. The molecular formula is C27H25N. The lowest BCUT2D eigenvalue weighted by atomic mass is 9.92. The van der Waals surface area contributed by atoms with Crippen molar-refractivity contribution in [3.05, 3.63) is 119 Å². The van der Waals surface area contributed by atoms with Gasteiger partial charge in [-0.1, -0.05) is 84.9 Å². The number of aryl methyl sites for hydroxylation is 1. The number of rotatable bonds is 4. The van der Waals surface area contributed by atoms with Crippen LogP contribution in [0.4, 0.5) is 0 Å². The number of benzene rings is 3. The first kappa shape index (κ1) is 18.1. The average Bonchev–Trinajstić information content (AvgIpc) is 3.01. The van der Waals surface area contributed by atoms with Gasteiger partial charge in [-0.25, -0.2) is 0 Å². The molecule has 0 unspecified atom stereocenters. The smallest absolute Gasteiger partial charge is 0.0486 e. The zero-order chi connectivity index (χ0) is 19.5. The van der Waals surface area contributed by atoms with E-state index in [1.807, 2.05) is 0 Å². The Bertz CT molecular complexity index is 1160. The second-order valence-electron chi connectivity index (χ2n) is 7.07. The fraction of sp³-hybridized carbons (Fsp3) is 0.111. The molecule has 0 aliphatic rings. The van der Waals surface area contributed by atoms with E-state index in [0.29, 0.717) is 0 Å². The summed E-state index contributed by atoms with van der Waals surface area (Å²) in [6, 6.07) is 30.0. The molecule has 4 aromatic rings. The first-order valence-corrected chi connectivity index (χ1v) is 9.74. The molecule has 0 N–H and O–H groups in total. The van der Waals surface area contributed by atoms with E-state index in [2.05, 4.69) is 123 Å². The monoisotopic (exact) mass is 363 g/mol. The summed E-state index contributed by atoms with van der Waals surface area (Å²) < 4.78 is 2.29. The number of hydrogen-bond donors (Lipinski definition) is 0. The molecule has 28 heavy (non-hydrogen) atoms. The fourth-order valence-corrected chi connectivity index (χ4v) is 3.90. The van der Waals surface area contributed by atoms with Crippen molar-refractivity contribution in [2.24, 2.45) is 7.05 Å². The van der Waals surface area contributed by atoms with Crippen LogP contribution in [0.15, 0.2) is 97.1 Å². The SMILES string of the molecule is C/C=C(\C=C(\c1ccccc1)c1c(C)n(C)c2ccccc12)c1ccccc1. The molecule has 138 valence electrons. The molecule has 3 aromatic carbocycles. The lowest BCUT2D eigenvalue weighted by molar-refractivity contribution is 0.915. The minimum absolute atomic E-state index is 1.23. The van der Waals surface area contributed by atoms with Crippen molar-refractivity contribution >= 4 is 22.0 Å². The second kappa shape index (κ2) is 7.74. The van der Waals surface area contributed by atoms with E-state index in [-0.39, 0.29) is 0 Å². The number of hydrogen-bond acceptors (Lipinski definition) is 0. The van der Waals surface area contributed by atoms with Crippen LogP contribution in [0.3, 0.4) is 0 Å². The Hall–Kier alpha value is -3.32. The predicted octanol–water partition coefficient (Wildman–Crippen LogP) is 7.02. The van der Waals surface area contributed by atoms with Gasteiger partial charge in [-0.2, -0.15) is 0 Å². The van der Waals surface area contributed by atoms with E-state index < -0.39 is 0 Å². The Balaban J connectivity index is 2.01. The largest absolute Gasteiger partial charge is 0.347 e. The van der Waals surface area contributed by atoms with E-state index in [9.17, 15) is 0 Å². The van der Waals surface area contributed by atoms with Crippen LogP contribution in [0, 0.1) is 6.92 Å². The van der Waals surface area contributed by atoms with Crippen LogP contribution in [0.2, 0.25) is 0 Å². The van der Waals surface area contributed by atoms with Gasteiger partial charge in [0.15, 0.2) is 0 Å². The fourth-order valence-electron chi connectivity index (χ4n) is 3.90. The Kier molecular flexibility index (Phi) is 4.99. The summed E-state index contributed by atoms with van der Waals surface area (Å²) in [5.41, 5.74) is 8.80. The molecule has 0 amide bonds. The lowest BCUT2D eigenvalue weighted by Gasteiger charge is -2.12. The number of aromatic nitrogens is 1.